The second-order valence-electron chi connectivity index (χ2n) is 5.52. The minimum atomic E-state index is -0.572. The molecule has 1 heterocycles. The molecule has 0 saturated carbocycles. The van der Waals surface area contributed by atoms with Crippen LogP contribution in [0.3, 0.4) is 0 Å². The molecule has 8 heteroatoms. The zero-order chi connectivity index (χ0) is 18.5. The molecule has 2 aromatic carbocycles. The van der Waals surface area contributed by atoms with Gasteiger partial charge in [-0.3, -0.25) is 4.79 Å². The summed E-state index contributed by atoms with van der Waals surface area (Å²) in [7, 11) is 0. The number of rotatable bonds is 6. The van der Waals surface area contributed by atoms with E-state index < -0.39 is 5.91 Å². The monoisotopic (exact) mass is 350 g/mol. The highest BCUT2D eigenvalue weighted by molar-refractivity contribution is 5.95. The molecule has 1 aromatic heterocycles. The third-order valence-electron chi connectivity index (χ3n) is 3.60. The number of nitrogen functional groups attached to an aromatic ring is 1. The van der Waals surface area contributed by atoms with Crippen LogP contribution in [0.1, 0.15) is 21.7 Å². The largest absolute Gasteiger partial charge is 0.485 e. The Bertz CT molecular complexity index is 944. The number of amides is 1. The van der Waals surface area contributed by atoms with Crippen LogP contribution >= 0.6 is 0 Å². The first-order valence-electron chi connectivity index (χ1n) is 7.87. The van der Waals surface area contributed by atoms with Crippen molar-refractivity contribution in [3.8, 4) is 5.75 Å². The maximum Gasteiger partial charge on any atom is 0.252 e. The average molecular weight is 350 g/mol. The molecule has 0 aliphatic rings. The molecule has 0 bridgehead atoms. The fourth-order valence-electron chi connectivity index (χ4n) is 2.33. The summed E-state index contributed by atoms with van der Waals surface area (Å²) in [6, 6.07) is 14.4. The molecule has 0 fully saturated rings. The summed E-state index contributed by atoms with van der Waals surface area (Å²) in [6.07, 6.45) is 0. The Balaban J connectivity index is 1.78. The molecular weight excluding hydrogens is 332 g/mol. The Morgan fingerprint density at radius 3 is 2.58 bits per heavy atom. The van der Waals surface area contributed by atoms with Crippen molar-refractivity contribution in [2.75, 3.05) is 11.1 Å². The molecule has 1 amide bonds. The summed E-state index contributed by atoms with van der Waals surface area (Å²) in [6.45, 7) is 1.98. The van der Waals surface area contributed by atoms with Crippen molar-refractivity contribution < 1.29 is 9.53 Å². The normalized spacial score (nSPS) is 10.3. The number of ether oxygens (including phenoxy) is 1. The summed E-state index contributed by atoms with van der Waals surface area (Å²) >= 11 is 0. The first-order chi connectivity index (χ1) is 12.5. The van der Waals surface area contributed by atoms with Crippen LogP contribution < -0.4 is 21.5 Å². The molecule has 26 heavy (non-hydrogen) atoms. The molecular formula is C18H18N6O2. The van der Waals surface area contributed by atoms with Gasteiger partial charge in [0.05, 0.1) is 5.56 Å². The number of hydrogen-bond donors (Lipinski definition) is 3. The van der Waals surface area contributed by atoms with E-state index in [4.69, 9.17) is 16.2 Å². The van der Waals surface area contributed by atoms with E-state index in [1.807, 2.05) is 31.2 Å². The number of anilines is 3. The number of para-hydroxylation sites is 2. The van der Waals surface area contributed by atoms with Crippen molar-refractivity contribution in [1.82, 2.24) is 15.0 Å². The standard InChI is InChI=1S/C18H18N6O2/c1-11-6-2-4-8-13(11)21-18-23-15(22-17(20)24-18)10-26-14-9-5-3-7-12(14)16(19)25/h2-9H,10H2,1H3,(H2,19,25)(H3,20,21,22,23,24). The van der Waals surface area contributed by atoms with Crippen LogP contribution in [-0.4, -0.2) is 20.9 Å². The number of benzene rings is 2. The number of aryl methyl sites for hydroxylation is 1. The Labute approximate surface area is 150 Å². The fraction of sp³-hybridized carbons (Fsp3) is 0.111. The van der Waals surface area contributed by atoms with Crippen LogP contribution in [0.4, 0.5) is 17.6 Å². The topological polar surface area (TPSA) is 129 Å². The number of carbonyl (C=O) groups excluding carboxylic acids is 1. The van der Waals surface area contributed by atoms with E-state index in [0.717, 1.165) is 11.3 Å². The van der Waals surface area contributed by atoms with Gasteiger partial charge >= 0.3 is 0 Å². The van der Waals surface area contributed by atoms with Crippen molar-refractivity contribution in [3.63, 3.8) is 0 Å². The van der Waals surface area contributed by atoms with Crippen molar-refractivity contribution in [2.45, 2.75) is 13.5 Å². The van der Waals surface area contributed by atoms with Gasteiger partial charge in [-0.2, -0.15) is 15.0 Å². The van der Waals surface area contributed by atoms with E-state index in [0.29, 0.717) is 17.5 Å². The lowest BCUT2D eigenvalue weighted by Crippen LogP contribution is -2.14. The lowest BCUT2D eigenvalue weighted by Gasteiger charge is -2.11. The van der Waals surface area contributed by atoms with Gasteiger partial charge in [-0.05, 0) is 30.7 Å². The summed E-state index contributed by atoms with van der Waals surface area (Å²) in [5.41, 5.74) is 13.3. The van der Waals surface area contributed by atoms with E-state index in [-0.39, 0.29) is 18.1 Å². The van der Waals surface area contributed by atoms with Gasteiger partial charge in [-0.25, -0.2) is 0 Å². The lowest BCUT2D eigenvalue weighted by molar-refractivity contribution is 0.0995. The average Bonchev–Trinajstić information content (AvgIpc) is 2.62. The van der Waals surface area contributed by atoms with Crippen molar-refractivity contribution in [2.24, 2.45) is 5.73 Å². The van der Waals surface area contributed by atoms with Crippen LogP contribution in [-0.2, 0) is 6.61 Å². The van der Waals surface area contributed by atoms with E-state index >= 15 is 0 Å². The molecule has 3 aromatic rings. The molecule has 0 unspecified atom stereocenters. The van der Waals surface area contributed by atoms with Gasteiger partial charge < -0.3 is 21.5 Å². The van der Waals surface area contributed by atoms with Crippen LogP contribution in [0.15, 0.2) is 48.5 Å². The van der Waals surface area contributed by atoms with Gasteiger partial charge in [0.15, 0.2) is 5.82 Å². The Kier molecular flexibility index (Phi) is 4.93. The second kappa shape index (κ2) is 7.47. The number of nitrogens with one attached hydrogen (secondary N) is 1. The first kappa shape index (κ1) is 17.2. The van der Waals surface area contributed by atoms with Gasteiger partial charge in [0.2, 0.25) is 11.9 Å². The van der Waals surface area contributed by atoms with Crippen molar-refractivity contribution in [3.05, 3.63) is 65.5 Å². The first-order valence-corrected chi connectivity index (χ1v) is 7.87. The highest BCUT2D eigenvalue weighted by Gasteiger charge is 2.11. The lowest BCUT2D eigenvalue weighted by atomic mass is 10.2. The van der Waals surface area contributed by atoms with Gasteiger partial charge in [0, 0.05) is 5.69 Å². The van der Waals surface area contributed by atoms with Crippen molar-refractivity contribution >= 4 is 23.5 Å². The zero-order valence-electron chi connectivity index (χ0n) is 14.1. The number of primary amides is 1. The zero-order valence-corrected chi connectivity index (χ0v) is 14.1. The highest BCUT2D eigenvalue weighted by Crippen LogP contribution is 2.20. The van der Waals surface area contributed by atoms with E-state index in [9.17, 15) is 4.79 Å². The molecule has 0 radical (unpaired) electrons. The second-order valence-corrected chi connectivity index (χ2v) is 5.52. The van der Waals surface area contributed by atoms with Gasteiger partial charge in [-0.1, -0.05) is 30.3 Å². The molecule has 0 spiro atoms. The van der Waals surface area contributed by atoms with Crippen molar-refractivity contribution in [1.29, 1.82) is 0 Å². The van der Waals surface area contributed by atoms with Gasteiger partial charge in [0.1, 0.15) is 12.4 Å². The summed E-state index contributed by atoms with van der Waals surface area (Å²) in [5, 5.41) is 3.11. The summed E-state index contributed by atoms with van der Waals surface area (Å²) in [5.74, 6) is 0.490. The molecule has 5 N–H and O–H groups in total. The van der Waals surface area contributed by atoms with E-state index in [1.165, 1.54) is 0 Å². The molecule has 0 aliphatic heterocycles. The number of nitrogens with zero attached hydrogens (tertiary/aromatic N) is 3. The predicted octanol–water partition coefficient (Wildman–Crippen LogP) is 2.18. The third kappa shape index (κ3) is 4.04. The minimum Gasteiger partial charge on any atom is -0.485 e. The highest BCUT2D eigenvalue weighted by atomic mass is 16.5. The van der Waals surface area contributed by atoms with E-state index in [2.05, 4.69) is 20.3 Å². The Hall–Kier alpha value is -3.68. The molecule has 132 valence electrons. The third-order valence-corrected chi connectivity index (χ3v) is 3.60. The molecule has 8 nitrogen and oxygen atoms in total. The summed E-state index contributed by atoms with van der Waals surface area (Å²) < 4.78 is 5.63. The minimum absolute atomic E-state index is 0.0134. The Morgan fingerprint density at radius 2 is 1.81 bits per heavy atom. The SMILES string of the molecule is Cc1ccccc1Nc1nc(N)nc(COc2ccccc2C(N)=O)n1. The van der Waals surface area contributed by atoms with Gasteiger partial charge in [-0.15, -0.1) is 0 Å². The van der Waals surface area contributed by atoms with E-state index in [1.54, 1.807) is 24.3 Å². The quantitative estimate of drug-likeness (QED) is 0.621. The number of carbonyl (C=O) groups is 1. The molecule has 0 saturated heterocycles. The molecule has 0 aliphatic carbocycles. The Morgan fingerprint density at radius 1 is 1.08 bits per heavy atom. The van der Waals surface area contributed by atoms with Gasteiger partial charge in [0.25, 0.3) is 5.91 Å². The van der Waals surface area contributed by atoms with Crippen LogP contribution in [0.2, 0.25) is 0 Å². The van der Waals surface area contributed by atoms with Crippen LogP contribution in [0, 0.1) is 6.92 Å². The fourth-order valence-corrected chi connectivity index (χ4v) is 2.33. The van der Waals surface area contributed by atoms with Crippen LogP contribution in [0.5, 0.6) is 5.75 Å². The maximum absolute atomic E-state index is 11.4. The van der Waals surface area contributed by atoms with Crippen LogP contribution in [0.25, 0.3) is 0 Å². The number of nitrogens with two attached hydrogens (primary N) is 2. The molecule has 0 atom stereocenters. The number of hydrogen-bond acceptors (Lipinski definition) is 7. The smallest absolute Gasteiger partial charge is 0.252 e. The predicted molar refractivity (Wildman–Crippen MR) is 98.0 cm³/mol. The maximum atomic E-state index is 11.4. The molecule has 3 rings (SSSR count). The number of aromatic nitrogens is 3. The summed E-state index contributed by atoms with van der Waals surface area (Å²) in [4.78, 5) is 23.9.